The van der Waals surface area contributed by atoms with Crippen molar-refractivity contribution in [2.45, 2.75) is 87.8 Å². The number of halogens is 2. The highest BCUT2D eigenvalue weighted by molar-refractivity contribution is 6.24. The molecule has 22 heavy (non-hydrogen) atoms. The number of carbonyl (C=O) groups excluding carboxylic acids is 1. The summed E-state index contributed by atoms with van der Waals surface area (Å²) < 4.78 is 0. The van der Waals surface area contributed by atoms with Gasteiger partial charge in [0.15, 0.2) is 0 Å². The summed E-state index contributed by atoms with van der Waals surface area (Å²) in [4.78, 5) is 12.8. The van der Waals surface area contributed by atoms with E-state index >= 15 is 0 Å². The first-order valence-corrected chi connectivity index (χ1v) is 10.3. The average Bonchev–Trinajstić information content (AvgIpc) is 2.57. The zero-order valence-corrected chi connectivity index (χ0v) is 15.1. The highest BCUT2D eigenvalue weighted by Crippen LogP contribution is 2.42. The predicted molar refractivity (Wildman–Crippen MR) is 93.7 cm³/mol. The van der Waals surface area contributed by atoms with Gasteiger partial charge in [-0.05, 0) is 56.8 Å². The van der Waals surface area contributed by atoms with E-state index in [4.69, 9.17) is 23.2 Å². The van der Waals surface area contributed by atoms with Gasteiger partial charge in [0.05, 0.1) is 0 Å². The topological polar surface area (TPSA) is 17.1 Å². The molecular weight excluding hydrogens is 315 g/mol. The Labute approximate surface area is 145 Å². The normalized spacial score (nSPS) is 41.3. The summed E-state index contributed by atoms with van der Waals surface area (Å²) in [6.07, 6.45) is 14.6. The van der Waals surface area contributed by atoms with Gasteiger partial charge in [0, 0.05) is 22.6 Å². The molecular formula is C19H30Cl2O. The Morgan fingerprint density at radius 3 is 2.05 bits per heavy atom. The quantitative estimate of drug-likeness (QED) is 0.577. The molecule has 0 bridgehead atoms. The summed E-state index contributed by atoms with van der Waals surface area (Å²) in [5.41, 5.74) is 0. The van der Waals surface area contributed by atoms with E-state index in [1.54, 1.807) is 0 Å². The fourth-order valence-corrected chi connectivity index (χ4v) is 5.83. The summed E-state index contributed by atoms with van der Waals surface area (Å²) in [7, 11) is 0. The molecule has 3 saturated carbocycles. The molecule has 0 N–H and O–H groups in total. The summed E-state index contributed by atoms with van der Waals surface area (Å²) in [6.45, 7) is 0. The number of hydrogen-bond donors (Lipinski definition) is 0. The molecule has 0 spiro atoms. The number of ketones is 1. The first-order valence-electron chi connectivity index (χ1n) is 9.47. The van der Waals surface area contributed by atoms with E-state index in [-0.39, 0.29) is 22.6 Å². The van der Waals surface area contributed by atoms with Crippen molar-refractivity contribution in [1.82, 2.24) is 0 Å². The van der Waals surface area contributed by atoms with Crippen LogP contribution in [0.1, 0.15) is 77.0 Å². The highest BCUT2D eigenvalue weighted by atomic mass is 35.5. The Bertz CT molecular complexity index is 370. The molecule has 0 aromatic heterocycles. The van der Waals surface area contributed by atoms with Crippen LogP contribution >= 0.6 is 23.2 Å². The third kappa shape index (κ3) is 4.01. The molecule has 3 heteroatoms. The lowest BCUT2D eigenvalue weighted by atomic mass is 9.68. The molecule has 3 unspecified atom stereocenters. The van der Waals surface area contributed by atoms with E-state index in [1.807, 2.05) is 0 Å². The van der Waals surface area contributed by atoms with Gasteiger partial charge in [-0.3, -0.25) is 4.79 Å². The Morgan fingerprint density at radius 2 is 1.36 bits per heavy atom. The summed E-state index contributed by atoms with van der Waals surface area (Å²) in [5, 5.41) is 0.182. The second-order valence-corrected chi connectivity index (χ2v) is 9.12. The van der Waals surface area contributed by atoms with Crippen molar-refractivity contribution in [3.8, 4) is 0 Å². The Kier molecular flexibility index (Phi) is 6.12. The van der Waals surface area contributed by atoms with Crippen LogP contribution in [0.2, 0.25) is 0 Å². The summed E-state index contributed by atoms with van der Waals surface area (Å²) >= 11 is 12.7. The largest absolute Gasteiger partial charge is 0.299 e. The average molecular weight is 345 g/mol. The van der Waals surface area contributed by atoms with Crippen LogP contribution in [0, 0.1) is 23.7 Å². The van der Waals surface area contributed by atoms with Crippen molar-refractivity contribution < 1.29 is 4.79 Å². The van der Waals surface area contributed by atoms with E-state index in [0.717, 1.165) is 43.9 Å². The van der Waals surface area contributed by atoms with Crippen molar-refractivity contribution >= 4 is 29.0 Å². The second kappa shape index (κ2) is 7.88. The fourth-order valence-electron chi connectivity index (χ4n) is 5.16. The Morgan fingerprint density at radius 1 is 0.727 bits per heavy atom. The smallest absolute Gasteiger partial charge is 0.140 e. The van der Waals surface area contributed by atoms with Gasteiger partial charge in [-0.2, -0.15) is 0 Å². The lowest BCUT2D eigenvalue weighted by Gasteiger charge is -2.37. The molecule has 3 atom stereocenters. The number of carbonyl (C=O) groups is 1. The Balaban J connectivity index is 1.51. The predicted octanol–water partition coefficient (Wildman–Crippen LogP) is 5.96. The van der Waals surface area contributed by atoms with E-state index < -0.39 is 0 Å². The number of rotatable bonds is 3. The molecule has 126 valence electrons. The SMILES string of the molecule is O=C(C1CCC(C2CCCCC2)CC1)C1CC(Cl)CCC1Cl. The van der Waals surface area contributed by atoms with Crippen LogP contribution in [0.3, 0.4) is 0 Å². The number of hydrogen-bond acceptors (Lipinski definition) is 1. The molecule has 3 aliphatic rings. The van der Waals surface area contributed by atoms with Gasteiger partial charge in [-0.1, -0.05) is 32.1 Å². The van der Waals surface area contributed by atoms with E-state index in [0.29, 0.717) is 5.78 Å². The van der Waals surface area contributed by atoms with Crippen molar-refractivity contribution in [1.29, 1.82) is 0 Å². The third-order valence-electron chi connectivity index (χ3n) is 6.56. The molecule has 3 fully saturated rings. The van der Waals surface area contributed by atoms with Crippen molar-refractivity contribution in [3.63, 3.8) is 0 Å². The highest BCUT2D eigenvalue weighted by Gasteiger charge is 2.38. The van der Waals surface area contributed by atoms with Crippen LogP contribution in [0.4, 0.5) is 0 Å². The fraction of sp³-hybridized carbons (Fsp3) is 0.947. The van der Waals surface area contributed by atoms with Crippen molar-refractivity contribution in [2.75, 3.05) is 0 Å². The molecule has 0 aromatic rings. The standard InChI is InChI=1S/C19H30Cl2O/c20-16-10-11-18(21)17(12-16)19(22)15-8-6-14(7-9-15)13-4-2-1-3-5-13/h13-18H,1-12H2. The summed E-state index contributed by atoms with van der Waals surface area (Å²) in [5.74, 6) is 2.57. The minimum absolute atomic E-state index is 0.0224. The first kappa shape index (κ1) is 17.1. The maximum atomic E-state index is 12.8. The molecule has 3 aliphatic carbocycles. The second-order valence-electron chi connectivity index (χ2n) is 7.94. The lowest BCUT2D eigenvalue weighted by molar-refractivity contribution is -0.129. The Hall–Kier alpha value is 0.250. The van der Waals surface area contributed by atoms with Gasteiger partial charge in [0.25, 0.3) is 0 Å². The van der Waals surface area contributed by atoms with Crippen LogP contribution in [0.25, 0.3) is 0 Å². The summed E-state index contributed by atoms with van der Waals surface area (Å²) in [6, 6.07) is 0. The molecule has 3 rings (SSSR count). The molecule has 1 nitrogen and oxygen atoms in total. The van der Waals surface area contributed by atoms with Crippen LogP contribution in [0.15, 0.2) is 0 Å². The molecule has 0 heterocycles. The monoisotopic (exact) mass is 344 g/mol. The van der Waals surface area contributed by atoms with Gasteiger partial charge in [0.2, 0.25) is 0 Å². The van der Waals surface area contributed by atoms with Gasteiger partial charge >= 0.3 is 0 Å². The zero-order chi connectivity index (χ0) is 15.5. The van der Waals surface area contributed by atoms with E-state index in [9.17, 15) is 4.79 Å². The van der Waals surface area contributed by atoms with Crippen LogP contribution in [-0.2, 0) is 4.79 Å². The molecule has 0 aromatic carbocycles. The zero-order valence-electron chi connectivity index (χ0n) is 13.6. The van der Waals surface area contributed by atoms with Crippen LogP contribution in [-0.4, -0.2) is 16.5 Å². The van der Waals surface area contributed by atoms with Gasteiger partial charge < -0.3 is 0 Å². The number of Topliss-reactive ketones (excluding diaryl/α,β-unsaturated/α-hetero) is 1. The minimum atomic E-state index is 0.0224. The minimum Gasteiger partial charge on any atom is -0.299 e. The van der Waals surface area contributed by atoms with Gasteiger partial charge in [0.1, 0.15) is 5.78 Å². The molecule has 0 radical (unpaired) electrons. The maximum absolute atomic E-state index is 12.8. The maximum Gasteiger partial charge on any atom is 0.140 e. The number of alkyl halides is 2. The lowest BCUT2D eigenvalue weighted by Crippen LogP contribution is -2.37. The van der Waals surface area contributed by atoms with Gasteiger partial charge in [-0.15, -0.1) is 23.2 Å². The van der Waals surface area contributed by atoms with Gasteiger partial charge in [-0.25, -0.2) is 0 Å². The van der Waals surface area contributed by atoms with Crippen LogP contribution in [0.5, 0.6) is 0 Å². The van der Waals surface area contributed by atoms with E-state index in [2.05, 4.69) is 0 Å². The van der Waals surface area contributed by atoms with Crippen molar-refractivity contribution in [2.24, 2.45) is 23.7 Å². The third-order valence-corrected chi connectivity index (χ3v) is 7.48. The van der Waals surface area contributed by atoms with Crippen molar-refractivity contribution in [3.05, 3.63) is 0 Å². The molecule has 0 amide bonds. The molecule has 0 aliphatic heterocycles. The van der Waals surface area contributed by atoms with E-state index in [1.165, 1.54) is 44.9 Å². The van der Waals surface area contributed by atoms with Crippen LogP contribution < -0.4 is 0 Å². The molecule has 0 saturated heterocycles. The first-order chi connectivity index (χ1) is 10.6.